The lowest BCUT2D eigenvalue weighted by Gasteiger charge is -2.19. The molecule has 0 unspecified atom stereocenters. The Hall–Kier alpha value is -2.54. The summed E-state index contributed by atoms with van der Waals surface area (Å²) in [6, 6.07) is 11.9. The van der Waals surface area contributed by atoms with Crippen LogP contribution in [-0.2, 0) is 9.53 Å². The monoisotopic (exact) mass is 391 g/mol. The van der Waals surface area contributed by atoms with Crippen LogP contribution in [0.4, 0.5) is 5.69 Å². The summed E-state index contributed by atoms with van der Waals surface area (Å²) in [5, 5.41) is 2.65. The number of rotatable bonds is 4. The molecule has 3 rings (SSSR count). The summed E-state index contributed by atoms with van der Waals surface area (Å²) in [5.41, 5.74) is 0.908. The van der Waals surface area contributed by atoms with Crippen LogP contribution in [0.2, 0.25) is 0 Å². The molecule has 0 radical (unpaired) electrons. The molecule has 0 atom stereocenters. The fourth-order valence-corrected chi connectivity index (χ4v) is 2.60. The second kappa shape index (κ2) is 7.35. The third-order valence-corrected chi connectivity index (χ3v) is 3.95. The number of halogens is 1. The summed E-state index contributed by atoms with van der Waals surface area (Å²) in [5.74, 6) is 0.204. The molecular weight excluding hydrogens is 378 g/mol. The van der Waals surface area contributed by atoms with Crippen molar-refractivity contribution in [1.82, 2.24) is 0 Å². The van der Waals surface area contributed by atoms with Gasteiger partial charge in [-0.25, -0.2) is 4.79 Å². The predicted molar refractivity (Wildman–Crippen MR) is 90.5 cm³/mol. The van der Waals surface area contributed by atoms with Gasteiger partial charge in [0, 0.05) is 16.2 Å². The van der Waals surface area contributed by atoms with E-state index >= 15 is 0 Å². The minimum atomic E-state index is -0.570. The van der Waals surface area contributed by atoms with E-state index < -0.39 is 11.9 Å². The topological polar surface area (TPSA) is 73.9 Å². The Bertz CT molecular complexity index is 777. The highest BCUT2D eigenvalue weighted by molar-refractivity contribution is 9.10. The van der Waals surface area contributed by atoms with Crippen LogP contribution in [0, 0.1) is 0 Å². The smallest absolute Gasteiger partial charge is 0.339 e. The number of esters is 1. The van der Waals surface area contributed by atoms with Gasteiger partial charge in [-0.05, 0) is 40.2 Å². The molecule has 1 aliphatic rings. The summed E-state index contributed by atoms with van der Waals surface area (Å²) >= 11 is 3.27. The number of hydrogen-bond acceptors (Lipinski definition) is 5. The molecule has 2 aromatic carbocycles. The minimum absolute atomic E-state index is 0.365. The first-order chi connectivity index (χ1) is 11.6. The quantitative estimate of drug-likeness (QED) is 0.810. The van der Waals surface area contributed by atoms with Gasteiger partial charge in [0.2, 0.25) is 0 Å². The van der Waals surface area contributed by atoms with Gasteiger partial charge >= 0.3 is 5.97 Å². The highest BCUT2D eigenvalue weighted by Gasteiger charge is 2.15. The number of amides is 1. The molecule has 0 saturated carbocycles. The SMILES string of the molecule is O=C(COC(=O)c1ccccc1Br)Nc1ccc2c(c1)OCCO2. The summed E-state index contributed by atoms with van der Waals surface area (Å²) in [7, 11) is 0. The van der Waals surface area contributed by atoms with Gasteiger partial charge in [0.25, 0.3) is 5.91 Å². The van der Waals surface area contributed by atoms with Crippen LogP contribution in [0.5, 0.6) is 11.5 Å². The lowest BCUT2D eigenvalue weighted by Crippen LogP contribution is -2.21. The van der Waals surface area contributed by atoms with E-state index in [4.69, 9.17) is 14.2 Å². The first kappa shape index (κ1) is 16.3. The van der Waals surface area contributed by atoms with Crippen molar-refractivity contribution >= 4 is 33.5 Å². The molecule has 0 saturated heterocycles. The van der Waals surface area contributed by atoms with Gasteiger partial charge < -0.3 is 19.5 Å². The Labute approximate surface area is 146 Å². The van der Waals surface area contributed by atoms with Crippen molar-refractivity contribution in [3.05, 3.63) is 52.5 Å². The van der Waals surface area contributed by atoms with E-state index in [1.165, 1.54) is 0 Å². The van der Waals surface area contributed by atoms with Gasteiger partial charge in [-0.15, -0.1) is 0 Å². The fraction of sp³-hybridized carbons (Fsp3) is 0.176. The van der Waals surface area contributed by atoms with Gasteiger partial charge in [0.15, 0.2) is 18.1 Å². The molecule has 124 valence electrons. The molecule has 1 heterocycles. The second-order valence-electron chi connectivity index (χ2n) is 4.96. The summed E-state index contributed by atoms with van der Waals surface area (Å²) in [6.07, 6.45) is 0. The third-order valence-electron chi connectivity index (χ3n) is 3.25. The van der Waals surface area contributed by atoms with Gasteiger partial charge in [0.05, 0.1) is 5.56 Å². The molecule has 1 aliphatic heterocycles. The van der Waals surface area contributed by atoms with Gasteiger partial charge in [-0.3, -0.25) is 4.79 Å². The number of fused-ring (bicyclic) bond motifs is 1. The first-order valence-corrected chi connectivity index (χ1v) is 8.04. The van der Waals surface area contributed by atoms with Crippen LogP contribution in [0.25, 0.3) is 0 Å². The normalized spacial score (nSPS) is 12.4. The van der Waals surface area contributed by atoms with Crippen LogP contribution >= 0.6 is 15.9 Å². The third kappa shape index (κ3) is 3.86. The van der Waals surface area contributed by atoms with Crippen molar-refractivity contribution in [3.63, 3.8) is 0 Å². The van der Waals surface area contributed by atoms with E-state index in [9.17, 15) is 9.59 Å². The largest absolute Gasteiger partial charge is 0.486 e. The molecule has 7 heteroatoms. The minimum Gasteiger partial charge on any atom is -0.486 e. The van der Waals surface area contributed by atoms with Crippen molar-refractivity contribution in [2.45, 2.75) is 0 Å². The Kier molecular flexibility index (Phi) is 5.00. The fourth-order valence-electron chi connectivity index (χ4n) is 2.15. The summed E-state index contributed by atoms with van der Waals surface area (Å²) in [4.78, 5) is 23.9. The maximum atomic E-state index is 11.9. The molecule has 2 aromatic rings. The van der Waals surface area contributed by atoms with Crippen molar-refractivity contribution in [1.29, 1.82) is 0 Å². The summed E-state index contributed by atoms with van der Waals surface area (Å²) < 4.78 is 16.5. The van der Waals surface area contributed by atoms with E-state index in [1.54, 1.807) is 42.5 Å². The van der Waals surface area contributed by atoms with Crippen LogP contribution in [0.15, 0.2) is 46.9 Å². The standard InChI is InChI=1S/C17H14BrNO5/c18-13-4-2-1-3-12(13)17(21)24-10-16(20)19-11-5-6-14-15(9-11)23-8-7-22-14/h1-6,9H,7-8,10H2,(H,19,20). The van der Waals surface area contributed by atoms with Crippen molar-refractivity contribution in [3.8, 4) is 11.5 Å². The number of hydrogen-bond donors (Lipinski definition) is 1. The Balaban J connectivity index is 1.56. The van der Waals surface area contributed by atoms with E-state index in [1.807, 2.05) is 0 Å². The van der Waals surface area contributed by atoms with Crippen molar-refractivity contribution in [2.24, 2.45) is 0 Å². The van der Waals surface area contributed by atoms with E-state index in [2.05, 4.69) is 21.2 Å². The summed E-state index contributed by atoms with van der Waals surface area (Å²) in [6.45, 7) is 0.590. The average Bonchev–Trinajstić information content (AvgIpc) is 2.60. The Morgan fingerprint density at radius 2 is 1.83 bits per heavy atom. The predicted octanol–water partition coefficient (Wildman–Crippen LogP) is 3.02. The zero-order chi connectivity index (χ0) is 16.9. The molecule has 0 aliphatic carbocycles. The zero-order valence-corrected chi connectivity index (χ0v) is 14.2. The molecule has 1 N–H and O–H groups in total. The number of benzene rings is 2. The van der Waals surface area contributed by atoms with Crippen molar-refractivity contribution in [2.75, 3.05) is 25.1 Å². The molecule has 0 bridgehead atoms. The number of anilines is 1. The molecule has 24 heavy (non-hydrogen) atoms. The molecule has 0 spiro atoms. The highest BCUT2D eigenvalue weighted by atomic mass is 79.9. The van der Waals surface area contributed by atoms with Crippen LogP contribution < -0.4 is 14.8 Å². The number of nitrogens with one attached hydrogen (secondary N) is 1. The molecule has 0 aromatic heterocycles. The van der Waals surface area contributed by atoms with E-state index in [0.717, 1.165) is 0 Å². The maximum Gasteiger partial charge on any atom is 0.339 e. The van der Waals surface area contributed by atoms with Gasteiger partial charge in [-0.2, -0.15) is 0 Å². The number of ether oxygens (including phenoxy) is 3. The van der Waals surface area contributed by atoms with E-state index in [0.29, 0.717) is 40.4 Å². The average molecular weight is 392 g/mol. The number of carbonyl (C=O) groups excluding carboxylic acids is 2. The van der Waals surface area contributed by atoms with Crippen LogP contribution in [-0.4, -0.2) is 31.7 Å². The van der Waals surface area contributed by atoms with Crippen LogP contribution in [0.1, 0.15) is 10.4 Å². The number of carbonyl (C=O) groups is 2. The second-order valence-corrected chi connectivity index (χ2v) is 5.82. The molecule has 6 nitrogen and oxygen atoms in total. The molecular formula is C17H14BrNO5. The van der Waals surface area contributed by atoms with Crippen molar-refractivity contribution < 1.29 is 23.8 Å². The molecule has 0 fully saturated rings. The zero-order valence-electron chi connectivity index (χ0n) is 12.6. The van der Waals surface area contributed by atoms with Gasteiger partial charge in [0.1, 0.15) is 13.2 Å². The van der Waals surface area contributed by atoms with Gasteiger partial charge in [-0.1, -0.05) is 12.1 Å². The molecule has 1 amide bonds. The highest BCUT2D eigenvalue weighted by Crippen LogP contribution is 2.32. The Morgan fingerprint density at radius 3 is 2.62 bits per heavy atom. The first-order valence-electron chi connectivity index (χ1n) is 7.24. The maximum absolute atomic E-state index is 11.9. The lowest BCUT2D eigenvalue weighted by atomic mass is 10.2. The Morgan fingerprint density at radius 1 is 1.08 bits per heavy atom. The lowest BCUT2D eigenvalue weighted by molar-refractivity contribution is -0.119. The van der Waals surface area contributed by atoms with E-state index in [-0.39, 0.29) is 6.61 Å². The van der Waals surface area contributed by atoms with Crippen LogP contribution in [0.3, 0.4) is 0 Å².